The first-order valence-electron chi connectivity index (χ1n) is 3.21. The Hall–Kier alpha value is -0.640. The third kappa shape index (κ3) is 4.26. The molecule has 0 spiro atoms. The zero-order valence-electron chi connectivity index (χ0n) is 6.56. The van der Waals surface area contributed by atoms with E-state index in [1.165, 1.54) is 0 Å². The minimum absolute atomic E-state index is 0.549. The van der Waals surface area contributed by atoms with Crippen LogP contribution in [-0.2, 0) is 0 Å². The molecule has 0 amide bonds. The van der Waals surface area contributed by atoms with E-state index in [-0.39, 0.29) is 0 Å². The van der Waals surface area contributed by atoms with Crippen LogP contribution in [0.2, 0.25) is 0 Å². The molecular formula is C6H13N3S. The molecule has 58 valence electrons. The summed E-state index contributed by atoms with van der Waals surface area (Å²) < 4.78 is 0. The second-order valence-electron chi connectivity index (χ2n) is 1.89. The largest absolute Gasteiger partial charge is 0.364 e. The second-order valence-corrected chi connectivity index (χ2v) is 2.30. The van der Waals surface area contributed by atoms with Gasteiger partial charge in [-0.25, -0.2) is 0 Å². The maximum absolute atomic E-state index is 4.79. The van der Waals surface area contributed by atoms with Gasteiger partial charge in [0, 0.05) is 12.8 Å². The summed E-state index contributed by atoms with van der Waals surface area (Å²) in [5.41, 5.74) is 3.73. The predicted molar refractivity (Wildman–Crippen MR) is 48.2 cm³/mol. The van der Waals surface area contributed by atoms with Crippen molar-refractivity contribution in [1.82, 2.24) is 10.7 Å². The Morgan fingerprint density at radius 3 is 2.60 bits per heavy atom. The molecule has 3 nitrogen and oxygen atoms in total. The third-order valence-electron chi connectivity index (χ3n) is 1.09. The Labute approximate surface area is 66.9 Å². The number of hydrogen-bond acceptors (Lipinski definition) is 2. The molecule has 0 saturated carbocycles. The Balaban J connectivity index is 3.61. The highest BCUT2D eigenvalue weighted by Crippen LogP contribution is 1.80. The minimum atomic E-state index is 0.549. The minimum Gasteiger partial charge on any atom is -0.364 e. The lowest BCUT2D eigenvalue weighted by atomic mass is 10.3. The fourth-order valence-corrected chi connectivity index (χ4v) is 0.327. The molecule has 0 rings (SSSR count). The monoisotopic (exact) mass is 159 g/mol. The molecule has 0 saturated heterocycles. The van der Waals surface area contributed by atoms with Gasteiger partial charge in [0.25, 0.3) is 0 Å². The van der Waals surface area contributed by atoms with Crippen LogP contribution in [0.15, 0.2) is 5.10 Å². The lowest BCUT2D eigenvalue weighted by Gasteiger charge is -2.00. The number of rotatable bonds is 2. The van der Waals surface area contributed by atoms with E-state index in [1.807, 2.05) is 13.8 Å². The molecule has 0 fully saturated rings. The summed E-state index contributed by atoms with van der Waals surface area (Å²) in [5.74, 6) is 0. The second kappa shape index (κ2) is 5.17. The summed E-state index contributed by atoms with van der Waals surface area (Å²) in [7, 11) is 1.76. The van der Waals surface area contributed by atoms with Crippen LogP contribution in [0.25, 0.3) is 0 Å². The smallest absolute Gasteiger partial charge is 0.186 e. The lowest BCUT2D eigenvalue weighted by Crippen LogP contribution is -2.29. The molecule has 0 heterocycles. The standard InChI is InChI=1S/C6H13N3S/c1-4-5(2)8-9-6(10)7-3/h4H2,1-3H3,(H2,7,9,10)/b8-5-. The van der Waals surface area contributed by atoms with Gasteiger partial charge in [-0.3, -0.25) is 5.43 Å². The zero-order valence-corrected chi connectivity index (χ0v) is 7.38. The van der Waals surface area contributed by atoms with Gasteiger partial charge in [0.1, 0.15) is 0 Å². The topological polar surface area (TPSA) is 36.4 Å². The van der Waals surface area contributed by atoms with Crippen molar-refractivity contribution in [3.8, 4) is 0 Å². The summed E-state index contributed by atoms with van der Waals surface area (Å²) in [6.07, 6.45) is 0.944. The van der Waals surface area contributed by atoms with E-state index >= 15 is 0 Å². The Morgan fingerprint density at radius 2 is 2.20 bits per heavy atom. The van der Waals surface area contributed by atoms with Crippen molar-refractivity contribution in [1.29, 1.82) is 0 Å². The van der Waals surface area contributed by atoms with Crippen molar-refractivity contribution < 1.29 is 0 Å². The van der Waals surface area contributed by atoms with E-state index < -0.39 is 0 Å². The number of nitrogens with one attached hydrogen (secondary N) is 2. The first kappa shape index (κ1) is 9.36. The molecule has 0 radical (unpaired) electrons. The van der Waals surface area contributed by atoms with Gasteiger partial charge < -0.3 is 5.32 Å². The van der Waals surface area contributed by atoms with Gasteiger partial charge in [-0.15, -0.1) is 0 Å². The summed E-state index contributed by atoms with van der Waals surface area (Å²) >= 11 is 4.79. The molecule has 0 aliphatic heterocycles. The molecule has 0 aromatic carbocycles. The maximum Gasteiger partial charge on any atom is 0.186 e. The first-order chi connectivity index (χ1) is 4.70. The van der Waals surface area contributed by atoms with Crippen LogP contribution in [0.3, 0.4) is 0 Å². The molecule has 0 aromatic rings. The van der Waals surface area contributed by atoms with Crippen molar-refractivity contribution in [3.05, 3.63) is 0 Å². The van der Waals surface area contributed by atoms with E-state index in [2.05, 4.69) is 15.8 Å². The van der Waals surface area contributed by atoms with E-state index in [4.69, 9.17) is 12.2 Å². The Bertz CT molecular complexity index is 142. The van der Waals surface area contributed by atoms with Crippen molar-refractivity contribution in [2.75, 3.05) is 7.05 Å². The van der Waals surface area contributed by atoms with Gasteiger partial charge in [-0.05, 0) is 25.6 Å². The quantitative estimate of drug-likeness (QED) is 0.356. The van der Waals surface area contributed by atoms with Crippen molar-refractivity contribution in [2.24, 2.45) is 5.10 Å². The summed E-state index contributed by atoms with van der Waals surface area (Å²) in [6.45, 7) is 3.99. The van der Waals surface area contributed by atoms with Crippen LogP contribution >= 0.6 is 12.2 Å². The zero-order chi connectivity index (χ0) is 7.98. The highest BCUT2D eigenvalue weighted by Gasteiger charge is 1.86. The fourth-order valence-electron chi connectivity index (χ4n) is 0.281. The molecule has 0 unspecified atom stereocenters. The van der Waals surface area contributed by atoms with Gasteiger partial charge in [-0.1, -0.05) is 6.92 Å². The van der Waals surface area contributed by atoms with Gasteiger partial charge in [0.2, 0.25) is 0 Å². The average molecular weight is 159 g/mol. The van der Waals surface area contributed by atoms with Crippen molar-refractivity contribution in [2.45, 2.75) is 20.3 Å². The molecule has 0 aliphatic carbocycles. The fraction of sp³-hybridized carbons (Fsp3) is 0.667. The van der Waals surface area contributed by atoms with Gasteiger partial charge in [-0.2, -0.15) is 5.10 Å². The van der Waals surface area contributed by atoms with E-state index in [1.54, 1.807) is 7.05 Å². The molecule has 0 aromatic heterocycles. The third-order valence-corrected chi connectivity index (χ3v) is 1.38. The van der Waals surface area contributed by atoms with Crippen LogP contribution in [-0.4, -0.2) is 17.9 Å². The maximum atomic E-state index is 4.79. The van der Waals surface area contributed by atoms with Crippen LogP contribution in [0.1, 0.15) is 20.3 Å². The number of hydrazone groups is 1. The van der Waals surface area contributed by atoms with Crippen molar-refractivity contribution in [3.63, 3.8) is 0 Å². The molecule has 0 bridgehead atoms. The van der Waals surface area contributed by atoms with Crippen LogP contribution in [0.4, 0.5) is 0 Å². The van der Waals surface area contributed by atoms with Crippen LogP contribution in [0, 0.1) is 0 Å². The average Bonchev–Trinajstić information content (AvgIpc) is 1.99. The highest BCUT2D eigenvalue weighted by molar-refractivity contribution is 7.80. The Morgan fingerprint density at radius 1 is 1.60 bits per heavy atom. The number of nitrogens with zero attached hydrogens (tertiary/aromatic N) is 1. The van der Waals surface area contributed by atoms with Gasteiger partial charge >= 0.3 is 0 Å². The van der Waals surface area contributed by atoms with Gasteiger partial charge in [0.05, 0.1) is 0 Å². The highest BCUT2D eigenvalue weighted by atomic mass is 32.1. The number of hydrogen-bond donors (Lipinski definition) is 2. The first-order valence-corrected chi connectivity index (χ1v) is 3.62. The Kier molecular flexibility index (Phi) is 4.84. The summed E-state index contributed by atoms with van der Waals surface area (Å²) in [4.78, 5) is 0. The summed E-state index contributed by atoms with van der Waals surface area (Å²) in [5, 5.41) is 7.28. The molecule has 10 heavy (non-hydrogen) atoms. The predicted octanol–water partition coefficient (Wildman–Crippen LogP) is 0.866. The number of thiocarbonyl (C=S) groups is 1. The SMILES string of the molecule is CC/C(C)=N\NC(=S)NC. The molecular weight excluding hydrogens is 146 g/mol. The van der Waals surface area contributed by atoms with Crippen molar-refractivity contribution >= 4 is 23.0 Å². The van der Waals surface area contributed by atoms with E-state index in [0.717, 1.165) is 12.1 Å². The van der Waals surface area contributed by atoms with Crippen LogP contribution in [0.5, 0.6) is 0 Å². The van der Waals surface area contributed by atoms with E-state index in [9.17, 15) is 0 Å². The van der Waals surface area contributed by atoms with E-state index in [0.29, 0.717) is 5.11 Å². The van der Waals surface area contributed by atoms with Gasteiger partial charge in [0.15, 0.2) is 5.11 Å². The lowest BCUT2D eigenvalue weighted by molar-refractivity contribution is 0.962. The molecule has 4 heteroatoms. The molecule has 0 aliphatic rings. The summed E-state index contributed by atoms with van der Waals surface area (Å²) in [6, 6.07) is 0. The molecule has 2 N–H and O–H groups in total. The van der Waals surface area contributed by atoms with Crippen LogP contribution < -0.4 is 10.7 Å². The normalized spacial score (nSPS) is 10.9. The molecule has 0 atom stereocenters.